The van der Waals surface area contributed by atoms with E-state index in [4.69, 9.17) is 14.9 Å². The van der Waals surface area contributed by atoms with E-state index >= 15 is 0 Å². The summed E-state index contributed by atoms with van der Waals surface area (Å²) in [5, 5.41) is 0. The quantitative estimate of drug-likeness (QED) is 0.769. The fraction of sp³-hybridized carbons (Fsp3) is 0.615. The van der Waals surface area contributed by atoms with Crippen LogP contribution in [0.4, 0.5) is 0 Å². The Morgan fingerprint density at radius 2 is 2.22 bits per heavy atom. The van der Waals surface area contributed by atoms with Crippen LogP contribution in [0.1, 0.15) is 30.8 Å². The lowest BCUT2D eigenvalue weighted by atomic mass is 10.1. The van der Waals surface area contributed by atoms with Gasteiger partial charge in [0.25, 0.3) is 0 Å². The largest absolute Gasteiger partial charge is 0.469 e. The van der Waals surface area contributed by atoms with Gasteiger partial charge in [0.15, 0.2) is 0 Å². The predicted molar refractivity (Wildman–Crippen MR) is 71.1 cm³/mol. The Kier molecular flexibility index (Phi) is 4.35. The molecule has 0 aromatic carbocycles. The van der Waals surface area contributed by atoms with Crippen molar-refractivity contribution in [3.63, 3.8) is 0 Å². The second-order valence-electron chi connectivity index (χ2n) is 4.82. The molecule has 0 atom stereocenters. The molecule has 1 aromatic heterocycles. The van der Waals surface area contributed by atoms with Crippen LogP contribution in [0.3, 0.4) is 0 Å². The van der Waals surface area contributed by atoms with Crippen molar-refractivity contribution in [3.8, 4) is 0 Å². The molecule has 4 nitrogen and oxygen atoms in total. The SMILES string of the molecule is COC(=O)CC1(CSCc2ccc(CN)o2)CC1. The zero-order chi connectivity index (χ0) is 13.0. The molecule has 1 aliphatic carbocycles. The van der Waals surface area contributed by atoms with Crippen LogP contribution in [0, 0.1) is 5.41 Å². The lowest BCUT2D eigenvalue weighted by molar-refractivity contribution is -0.141. The maximum absolute atomic E-state index is 11.3. The lowest BCUT2D eigenvalue weighted by Gasteiger charge is -2.12. The summed E-state index contributed by atoms with van der Waals surface area (Å²) in [6, 6.07) is 3.88. The number of nitrogens with two attached hydrogens (primary N) is 1. The van der Waals surface area contributed by atoms with Gasteiger partial charge < -0.3 is 14.9 Å². The molecule has 1 heterocycles. The van der Waals surface area contributed by atoms with Gasteiger partial charge in [0, 0.05) is 0 Å². The first-order chi connectivity index (χ1) is 8.67. The van der Waals surface area contributed by atoms with Crippen LogP contribution >= 0.6 is 11.8 Å². The van der Waals surface area contributed by atoms with Crippen LogP contribution in [0.25, 0.3) is 0 Å². The fourth-order valence-electron chi connectivity index (χ4n) is 1.91. The zero-order valence-electron chi connectivity index (χ0n) is 10.6. The first-order valence-electron chi connectivity index (χ1n) is 6.10. The van der Waals surface area contributed by atoms with Gasteiger partial charge in [0.2, 0.25) is 0 Å². The monoisotopic (exact) mass is 269 g/mol. The molecule has 0 amide bonds. The summed E-state index contributed by atoms with van der Waals surface area (Å²) in [6.45, 7) is 0.441. The molecule has 2 rings (SSSR count). The Labute approximate surface area is 111 Å². The first-order valence-corrected chi connectivity index (χ1v) is 7.25. The molecule has 0 bridgehead atoms. The number of furan rings is 1. The summed E-state index contributed by atoms with van der Waals surface area (Å²) >= 11 is 1.81. The second-order valence-corrected chi connectivity index (χ2v) is 5.80. The van der Waals surface area contributed by atoms with Crippen molar-refractivity contribution in [1.29, 1.82) is 0 Å². The average molecular weight is 269 g/mol. The summed E-state index contributed by atoms with van der Waals surface area (Å²) in [7, 11) is 1.45. The van der Waals surface area contributed by atoms with Crippen molar-refractivity contribution >= 4 is 17.7 Å². The number of carbonyl (C=O) groups is 1. The van der Waals surface area contributed by atoms with Crippen molar-refractivity contribution in [2.75, 3.05) is 12.9 Å². The van der Waals surface area contributed by atoms with Gasteiger partial charge in [-0.15, -0.1) is 0 Å². The summed E-state index contributed by atoms with van der Waals surface area (Å²) in [5.74, 6) is 3.50. The maximum atomic E-state index is 11.3. The summed E-state index contributed by atoms with van der Waals surface area (Å²) < 4.78 is 10.3. The van der Waals surface area contributed by atoms with Gasteiger partial charge in [-0.1, -0.05) is 0 Å². The zero-order valence-corrected chi connectivity index (χ0v) is 11.4. The minimum absolute atomic E-state index is 0.100. The highest BCUT2D eigenvalue weighted by molar-refractivity contribution is 7.98. The summed E-state index contributed by atoms with van der Waals surface area (Å²) in [5.41, 5.74) is 5.67. The Morgan fingerprint density at radius 3 is 2.78 bits per heavy atom. The summed E-state index contributed by atoms with van der Waals surface area (Å²) in [6.07, 6.45) is 2.80. The Bertz CT molecular complexity index is 412. The van der Waals surface area contributed by atoms with E-state index in [9.17, 15) is 4.79 Å². The van der Waals surface area contributed by atoms with Crippen LogP contribution in [0.15, 0.2) is 16.5 Å². The van der Waals surface area contributed by atoms with Crippen LogP contribution < -0.4 is 5.73 Å². The molecule has 0 aliphatic heterocycles. The minimum atomic E-state index is -0.100. The molecule has 100 valence electrons. The van der Waals surface area contributed by atoms with Crippen LogP contribution in [0.2, 0.25) is 0 Å². The normalized spacial score (nSPS) is 16.6. The molecule has 1 fully saturated rings. The van der Waals surface area contributed by atoms with Gasteiger partial charge in [0.05, 0.1) is 25.8 Å². The average Bonchev–Trinajstić information content (AvgIpc) is 2.97. The molecular weight excluding hydrogens is 250 g/mol. The molecule has 0 saturated heterocycles. The van der Waals surface area contributed by atoms with Gasteiger partial charge in [0.1, 0.15) is 11.5 Å². The molecule has 2 N–H and O–H groups in total. The number of hydrogen-bond donors (Lipinski definition) is 1. The van der Waals surface area contributed by atoms with Crippen molar-refractivity contribution in [2.24, 2.45) is 11.1 Å². The van der Waals surface area contributed by atoms with E-state index in [0.717, 1.165) is 35.9 Å². The third-order valence-corrected chi connectivity index (χ3v) is 4.58. The molecule has 0 unspecified atom stereocenters. The summed E-state index contributed by atoms with van der Waals surface area (Å²) in [4.78, 5) is 11.3. The van der Waals surface area contributed by atoms with Gasteiger partial charge in [-0.25, -0.2) is 0 Å². The number of rotatable bonds is 7. The van der Waals surface area contributed by atoms with E-state index in [1.165, 1.54) is 7.11 Å². The second kappa shape index (κ2) is 5.80. The Balaban J connectivity index is 1.73. The fourth-order valence-corrected chi connectivity index (χ4v) is 3.19. The van der Waals surface area contributed by atoms with E-state index in [2.05, 4.69) is 0 Å². The van der Waals surface area contributed by atoms with Gasteiger partial charge >= 0.3 is 5.97 Å². The smallest absolute Gasteiger partial charge is 0.306 e. The lowest BCUT2D eigenvalue weighted by Crippen LogP contribution is -2.13. The maximum Gasteiger partial charge on any atom is 0.306 e. The van der Waals surface area contributed by atoms with Crippen LogP contribution in [-0.2, 0) is 21.8 Å². The molecule has 1 aromatic rings. The van der Waals surface area contributed by atoms with E-state index in [1.807, 2.05) is 23.9 Å². The number of hydrogen-bond acceptors (Lipinski definition) is 5. The molecule has 18 heavy (non-hydrogen) atoms. The topological polar surface area (TPSA) is 65.5 Å². The highest BCUT2D eigenvalue weighted by atomic mass is 32.2. The van der Waals surface area contributed by atoms with E-state index in [0.29, 0.717) is 13.0 Å². The van der Waals surface area contributed by atoms with Gasteiger partial charge in [-0.2, -0.15) is 11.8 Å². The standard InChI is InChI=1S/C13H19NO3S/c1-16-12(15)6-13(4-5-13)9-18-8-11-3-2-10(7-14)17-11/h2-3H,4-9,14H2,1H3. The number of esters is 1. The van der Waals surface area contributed by atoms with Gasteiger partial charge in [-0.05, 0) is 36.1 Å². The van der Waals surface area contributed by atoms with Crippen molar-refractivity contribution in [2.45, 2.75) is 31.6 Å². The molecule has 0 radical (unpaired) electrons. The van der Waals surface area contributed by atoms with Crippen molar-refractivity contribution in [1.82, 2.24) is 0 Å². The number of carbonyl (C=O) groups excluding carboxylic acids is 1. The van der Waals surface area contributed by atoms with Gasteiger partial charge in [-0.3, -0.25) is 4.79 Å². The number of ether oxygens (including phenoxy) is 1. The predicted octanol–water partition coefficient (Wildman–Crippen LogP) is 2.31. The third kappa shape index (κ3) is 3.53. The Hall–Kier alpha value is -0.940. The number of methoxy groups -OCH3 is 1. The van der Waals surface area contributed by atoms with Crippen molar-refractivity contribution < 1.29 is 13.9 Å². The molecule has 1 aliphatic rings. The molecule has 5 heteroatoms. The molecule has 0 spiro atoms. The van der Waals surface area contributed by atoms with Crippen LogP contribution in [0.5, 0.6) is 0 Å². The van der Waals surface area contributed by atoms with E-state index in [1.54, 1.807) is 0 Å². The highest BCUT2D eigenvalue weighted by Gasteiger charge is 2.44. The highest BCUT2D eigenvalue weighted by Crippen LogP contribution is 2.51. The van der Waals surface area contributed by atoms with Crippen molar-refractivity contribution in [3.05, 3.63) is 23.7 Å². The Morgan fingerprint density at radius 1 is 1.50 bits per heavy atom. The minimum Gasteiger partial charge on any atom is -0.469 e. The first kappa shape index (κ1) is 13.5. The van der Waals surface area contributed by atoms with E-state index in [-0.39, 0.29) is 11.4 Å². The number of thioether (sulfide) groups is 1. The molecule has 1 saturated carbocycles. The third-order valence-electron chi connectivity index (χ3n) is 3.28. The molecular formula is C13H19NO3S. The van der Waals surface area contributed by atoms with Crippen LogP contribution in [-0.4, -0.2) is 18.8 Å². The van der Waals surface area contributed by atoms with E-state index < -0.39 is 0 Å².